The molecule has 3 nitrogen and oxygen atoms in total. The molecule has 16 heavy (non-hydrogen) atoms. The summed E-state index contributed by atoms with van der Waals surface area (Å²) < 4.78 is 0. The number of hydrogen-bond donors (Lipinski definition) is 1. The Morgan fingerprint density at radius 3 is 2.81 bits per heavy atom. The average Bonchev–Trinajstić information content (AvgIpc) is 2.31. The van der Waals surface area contributed by atoms with Crippen molar-refractivity contribution < 1.29 is 5.11 Å². The van der Waals surface area contributed by atoms with Gasteiger partial charge in [-0.3, -0.25) is 0 Å². The second-order valence-corrected chi connectivity index (χ2v) is 3.86. The zero-order valence-electron chi connectivity index (χ0n) is 9.28. The Hall–Kier alpha value is -1.24. The van der Waals surface area contributed by atoms with Crippen LogP contribution in [-0.4, -0.2) is 18.2 Å². The van der Waals surface area contributed by atoms with E-state index in [-0.39, 0.29) is 6.61 Å². The molecule has 0 unspecified atom stereocenters. The number of benzene rings is 1. The highest BCUT2D eigenvalue weighted by molar-refractivity contribution is 6.30. The van der Waals surface area contributed by atoms with Crippen LogP contribution in [-0.2, 0) is 6.61 Å². The minimum absolute atomic E-state index is 0.0427. The molecule has 1 aromatic rings. The van der Waals surface area contributed by atoms with Gasteiger partial charge in [-0.2, -0.15) is 5.26 Å². The number of aliphatic hydroxyl groups is 1. The number of nitrogens with zero attached hydrogens (tertiary/aromatic N) is 2. The number of aliphatic hydroxyl groups excluding tert-OH is 1. The molecular formula is C12H15ClN2O. The lowest BCUT2D eigenvalue weighted by Gasteiger charge is -2.24. The maximum absolute atomic E-state index is 9.26. The Morgan fingerprint density at radius 2 is 2.25 bits per heavy atom. The number of halogens is 1. The normalized spacial score (nSPS) is 9.88. The van der Waals surface area contributed by atoms with Crippen LogP contribution >= 0.6 is 11.6 Å². The van der Waals surface area contributed by atoms with Crippen molar-refractivity contribution >= 4 is 17.3 Å². The molecule has 0 fully saturated rings. The molecule has 0 atom stereocenters. The van der Waals surface area contributed by atoms with Crippen LogP contribution in [0.3, 0.4) is 0 Å². The summed E-state index contributed by atoms with van der Waals surface area (Å²) >= 11 is 5.87. The van der Waals surface area contributed by atoms with Gasteiger partial charge in [-0.05, 0) is 25.1 Å². The van der Waals surface area contributed by atoms with E-state index < -0.39 is 0 Å². The van der Waals surface area contributed by atoms with Gasteiger partial charge in [0.1, 0.15) is 0 Å². The van der Waals surface area contributed by atoms with Gasteiger partial charge in [0.25, 0.3) is 0 Å². The molecule has 86 valence electrons. The lowest BCUT2D eigenvalue weighted by Crippen LogP contribution is -2.24. The van der Waals surface area contributed by atoms with Crippen molar-refractivity contribution in [3.63, 3.8) is 0 Å². The third kappa shape index (κ3) is 3.13. The second kappa shape index (κ2) is 6.37. The van der Waals surface area contributed by atoms with Crippen LogP contribution in [0.2, 0.25) is 5.02 Å². The van der Waals surface area contributed by atoms with Crippen LogP contribution in [0.1, 0.15) is 18.9 Å². The van der Waals surface area contributed by atoms with Crippen LogP contribution in [0.5, 0.6) is 0 Å². The predicted octanol–water partition coefficient (Wildman–Crippen LogP) is 2.57. The molecule has 1 aromatic carbocycles. The SMILES string of the molecule is CCN(CCC#N)c1ccc(Cl)cc1CO. The third-order valence-corrected chi connectivity index (χ3v) is 2.66. The third-order valence-electron chi connectivity index (χ3n) is 2.43. The zero-order valence-corrected chi connectivity index (χ0v) is 10.0. The van der Waals surface area contributed by atoms with Gasteiger partial charge in [-0.15, -0.1) is 0 Å². The summed E-state index contributed by atoms with van der Waals surface area (Å²) in [5, 5.41) is 18.5. The first kappa shape index (κ1) is 12.8. The smallest absolute Gasteiger partial charge is 0.0702 e. The highest BCUT2D eigenvalue weighted by Crippen LogP contribution is 2.24. The Bertz CT molecular complexity index is 387. The number of hydrogen-bond acceptors (Lipinski definition) is 3. The molecule has 0 radical (unpaired) electrons. The van der Waals surface area contributed by atoms with Gasteiger partial charge >= 0.3 is 0 Å². The number of nitriles is 1. The quantitative estimate of drug-likeness (QED) is 0.858. The molecule has 1 rings (SSSR count). The monoisotopic (exact) mass is 238 g/mol. The van der Waals surface area contributed by atoms with E-state index in [4.69, 9.17) is 16.9 Å². The van der Waals surface area contributed by atoms with E-state index in [1.165, 1.54) is 0 Å². The van der Waals surface area contributed by atoms with Gasteiger partial charge in [0.15, 0.2) is 0 Å². The van der Waals surface area contributed by atoms with E-state index in [0.717, 1.165) is 17.8 Å². The Labute approximate surface area is 101 Å². The fourth-order valence-corrected chi connectivity index (χ4v) is 1.82. The molecule has 0 bridgehead atoms. The summed E-state index contributed by atoms with van der Waals surface area (Å²) in [6, 6.07) is 7.56. The fourth-order valence-electron chi connectivity index (χ4n) is 1.62. The molecule has 0 aliphatic heterocycles. The zero-order chi connectivity index (χ0) is 12.0. The summed E-state index contributed by atoms with van der Waals surface area (Å²) in [7, 11) is 0. The van der Waals surface area contributed by atoms with E-state index in [0.29, 0.717) is 18.0 Å². The Morgan fingerprint density at radius 1 is 1.50 bits per heavy atom. The second-order valence-electron chi connectivity index (χ2n) is 3.42. The average molecular weight is 239 g/mol. The maximum atomic E-state index is 9.26. The highest BCUT2D eigenvalue weighted by Gasteiger charge is 2.09. The summed E-state index contributed by atoms with van der Waals surface area (Å²) in [5.74, 6) is 0. The largest absolute Gasteiger partial charge is 0.392 e. The van der Waals surface area contributed by atoms with Gasteiger partial charge in [0.05, 0.1) is 19.1 Å². The summed E-state index contributed by atoms with van der Waals surface area (Å²) in [5.41, 5.74) is 1.75. The minimum Gasteiger partial charge on any atom is -0.392 e. The van der Waals surface area contributed by atoms with Crippen molar-refractivity contribution in [3.8, 4) is 6.07 Å². The minimum atomic E-state index is -0.0427. The van der Waals surface area contributed by atoms with Crippen LogP contribution in [0.25, 0.3) is 0 Å². The number of rotatable bonds is 5. The predicted molar refractivity (Wildman–Crippen MR) is 65.5 cm³/mol. The van der Waals surface area contributed by atoms with E-state index >= 15 is 0 Å². The van der Waals surface area contributed by atoms with E-state index in [1.807, 2.05) is 13.0 Å². The van der Waals surface area contributed by atoms with Crippen molar-refractivity contribution in [3.05, 3.63) is 28.8 Å². The molecule has 0 heterocycles. The molecule has 0 aliphatic rings. The van der Waals surface area contributed by atoms with Crippen LogP contribution in [0.15, 0.2) is 18.2 Å². The molecule has 0 saturated carbocycles. The van der Waals surface area contributed by atoms with Gasteiger partial charge in [0.2, 0.25) is 0 Å². The van der Waals surface area contributed by atoms with Gasteiger partial charge in [0, 0.05) is 29.4 Å². The van der Waals surface area contributed by atoms with Gasteiger partial charge in [-0.25, -0.2) is 0 Å². The molecule has 0 aromatic heterocycles. The number of anilines is 1. The van der Waals surface area contributed by atoms with Crippen molar-refractivity contribution in [2.45, 2.75) is 20.0 Å². The molecular weight excluding hydrogens is 224 g/mol. The van der Waals surface area contributed by atoms with E-state index in [2.05, 4.69) is 11.0 Å². The van der Waals surface area contributed by atoms with E-state index in [1.54, 1.807) is 12.1 Å². The first-order chi connectivity index (χ1) is 7.72. The van der Waals surface area contributed by atoms with Crippen molar-refractivity contribution in [1.29, 1.82) is 5.26 Å². The maximum Gasteiger partial charge on any atom is 0.0702 e. The molecule has 0 spiro atoms. The molecule has 4 heteroatoms. The van der Waals surface area contributed by atoms with Crippen LogP contribution < -0.4 is 4.90 Å². The topological polar surface area (TPSA) is 47.3 Å². The summed E-state index contributed by atoms with van der Waals surface area (Å²) in [4.78, 5) is 2.06. The summed E-state index contributed by atoms with van der Waals surface area (Å²) in [6.07, 6.45) is 0.474. The summed E-state index contributed by atoms with van der Waals surface area (Å²) in [6.45, 7) is 3.45. The van der Waals surface area contributed by atoms with Crippen molar-refractivity contribution in [2.24, 2.45) is 0 Å². The Kier molecular flexibility index (Phi) is 5.10. The van der Waals surface area contributed by atoms with Crippen LogP contribution in [0.4, 0.5) is 5.69 Å². The molecule has 0 amide bonds. The van der Waals surface area contributed by atoms with Crippen LogP contribution in [0, 0.1) is 11.3 Å². The van der Waals surface area contributed by atoms with E-state index in [9.17, 15) is 5.11 Å². The first-order valence-electron chi connectivity index (χ1n) is 5.24. The Balaban J connectivity index is 2.95. The lowest BCUT2D eigenvalue weighted by atomic mass is 10.1. The lowest BCUT2D eigenvalue weighted by molar-refractivity contribution is 0.282. The molecule has 0 saturated heterocycles. The van der Waals surface area contributed by atoms with Gasteiger partial charge < -0.3 is 10.0 Å². The standard InChI is InChI=1S/C12H15ClN2O/c1-2-15(7-3-6-14)12-5-4-11(13)8-10(12)9-16/h4-5,8,16H,2-3,7,9H2,1H3. The van der Waals surface area contributed by atoms with Crippen molar-refractivity contribution in [2.75, 3.05) is 18.0 Å². The molecule has 1 N–H and O–H groups in total. The fraction of sp³-hybridized carbons (Fsp3) is 0.417. The first-order valence-corrected chi connectivity index (χ1v) is 5.62. The van der Waals surface area contributed by atoms with Crippen molar-refractivity contribution in [1.82, 2.24) is 0 Å². The highest BCUT2D eigenvalue weighted by atomic mass is 35.5. The van der Waals surface area contributed by atoms with Gasteiger partial charge in [-0.1, -0.05) is 11.6 Å². The molecule has 0 aliphatic carbocycles.